The predicted octanol–water partition coefficient (Wildman–Crippen LogP) is 4.60. The molecule has 2 rings (SSSR count). The number of benzene rings is 1. The Balaban J connectivity index is 2.38. The van der Waals surface area contributed by atoms with E-state index in [-0.39, 0.29) is 5.54 Å². The van der Waals surface area contributed by atoms with E-state index in [0.29, 0.717) is 21.9 Å². The molecular weight excluding hydrogens is 253 g/mol. The molecule has 1 fully saturated rings. The molecule has 0 aliphatic heterocycles. The lowest BCUT2D eigenvalue weighted by molar-refractivity contribution is 0.162. The van der Waals surface area contributed by atoms with E-state index in [1.54, 1.807) is 0 Å². The fourth-order valence-electron chi connectivity index (χ4n) is 2.86. The Morgan fingerprint density at radius 1 is 1.18 bits per heavy atom. The zero-order chi connectivity index (χ0) is 12.6. The maximum atomic E-state index is 6.63. The van der Waals surface area contributed by atoms with Crippen LogP contribution in [-0.4, -0.2) is 0 Å². The molecule has 0 aromatic heterocycles. The summed E-state index contributed by atoms with van der Waals surface area (Å²) in [5.41, 5.74) is 7.49. The molecule has 1 aliphatic carbocycles. The Hall–Kier alpha value is -0.240. The molecule has 2 N–H and O–H groups in total. The van der Waals surface area contributed by atoms with Gasteiger partial charge in [0, 0.05) is 5.54 Å². The topological polar surface area (TPSA) is 26.0 Å². The van der Waals surface area contributed by atoms with Crippen LogP contribution < -0.4 is 5.73 Å². The van der Waals surface area contributed by atoms with Gasteiger partial charge in [0.1, 0.15) is 0 Å². The Morgan fingerprint density at radius 3 is 2.53 bits per heavy atom. The lowest BCUT2D eigenvalue weighted by atomic mass is 9.67. The lowest BCUT2D eigenvalue weighted by Gasteiger charge is -2.43. The third kappa shape index (κ3) is 2.47. The molecular formula is C14H19Cl2N. The summed E-state index contributed by atoms with van der Waals surface area (Å²) < 4.78 is 0. The minimum absolute atomic E-state index is 0.258. The van der Waals surface area contributed by atoms with Crippen LogP contribution in [0.15, 0.2) is 18.2 Å². The second-order valence-electron chi connectivity index (χ2n) is 5.46. The number of hydrogen-bond acceptors (Lipinski definition) is 1. The van der Waals surface area contributed by atoms with Gasteiger partial charge in [-0.25, -0.2) is 0 Å². The van der Waals surface area contributed by atoms with Gasteiger partial charge in [-0.15, -0.1) is 0 Å². The average Bonchev–Trinajstić information content (AvgIpc) is 2.28. The Morgan fingerprint density at radius 2 is 1.88 bits per heavy atom. The number of rotatable bonds is 1. The molecule has 1 aromatic rings. The first-order valence-electron chi connectivity index (χ1n) is 6.18. The molecule has 94 valence electrons. The maximum Gasteiger partial charge on any atom is 0.0595 e. The van der Waals surface area contributed by atoms with E-state index in [4.69, 9.17) is 28.9 Å². The second kappa shape index (κ2) is 4.79. The Bertz CT molecular complexity index is 419. The van der Waals surface area contributed by atoms with Gasteiger partial charge in [0.15, 0.2) is 0 Å². The van der Waals surface area contributed by atoms with Gasteiger partial charge in [-0.1, -0.05) is 49.5 Å². The monoisotopic (exact) mass is 271 g/mol. The van der Waals surface area contributed by atoms with Crippen molar-refractivity contribution in [1.29, 1.82) is 0 Å². The van der Waals surface area contributed by atoms with Crippen LogP contribution in [0.1, 0.15) is 38.7 Å². The van der Waals surface area contributed by atoms with Crippen LogP contribution in [0, 0.1) is 11.8 Å². The van der Waals surface area contributed by atoms with Crippen LogP contribution >= 0.6 is 23.2 Å². The van der Waals surface area contributed by atoms with Gasteiger partial charge in [-0.05, 0) is 42.4 Å². The Labute approximate surface area is 113 Å². The summed E-state index contributed by atoms with van der Waals surface area (Å²) in [7, 11) is 0. The van der Waals surface area contributed by atoms with Crippen molar-refractivity contribution in [3.05, 3.63) is 33.8 Å². The van der Waals surface area contributed by atoms with Crippen LogP contribution in [0.4, 0.5) is 0 Å². The van der Waals surface area contributed by atoms with Crippen LogP contribution in [0.2, 0.25) is 10.0 Å². The van der Waals surface area contributed by atoms with Gasteiger partial charge in [-0.2, -0.15) is 0 Å². The van der Waals surface area contributed by atoms with Crippen molar-refractivity contribution in [3.8, 4) is 0 Å². The van der Waals surface area contributed by atoms with E-state index in [9.17, 15) is 0 Å². The number of hydrogen-bond donors (Lipinski definition) is 1. The van der Waals surface area contributed by atoms with Gasteiger partial charge >= 0.3 is 0 Å². The third-order valence-corrected chi connectivity index (χ3v) is 4.85. The normalized spacial score (nSPS) is 33.7. The van der Waals surface area contributed by atoms with Gasteiger partial charge in [-0.3, -0.25) is 0 Å². The molecule has 0 saturated heterocycles. The maximum absolute atomic E-state index is 6.63. The molecule has 1 nitrogen and oxygen atoms in total. The molecule has 3 unspecified atom stereocenters. The van der Waals surface area contributed by atoms with E-state index >= 15 is 0 Å². The highest BCUT2D eigenvalue weighted by atomic mass is 35.5. The van der Waals surface area contributed by atoms with Crippen molar-refractivity contribution in [3.63, 3.8) is 0 Å². The third-order valence-electron chi connectivity index (χ3n) is 4.12. The van der Waals surface area contributed by atoms with E-state index in [1.807, 2.05) is 18.2 Å². The Kier molecular flexibility index (Phi) is 3.72. The highest BCUT2D eigenvalue weighted by Crippen LogP contribution is 2.43. The minimum Gasteiger partial charge on any atom is -0.321 e. The summed E-state index contributed by atoms with van der Waals surface area (Å²) in [4.78, 5) is 0. The van der Waals surface area contributed by atoms with Crippen LogP contribution in [0.5, 0.6) is 0 Å². The average molecular weight is 272 g/mol. The van der Waals surface area contributed by atoms with E-state index in [2.05, 4.69) is 13.8 Å². The van der Waals surface area contributed by atoms with Crippen LogP contribution in [-0.2, 0) is 5.54 Å². The van der Waals surface area contributed by atoms with Crippen molar-refractivity contribution in [1.82, 2.24) is 0 Å². The molecule has 0 bridgehead atoms. The summed E-state index contributed by atoms with van der Waals surface area (Å²) in [5, 5.41) is 1.19. The fraction of sp³-hybridized carbons (Fsp3) is 0.571. The molecule has 0 amide bonds. The highest BCUT2D eigenvalue weighted by Gasteiger charge is 2.38. The summed E-state index contributed by atoms with van der Waals surface area (Å²) in [6.45, 7) is 4.50. The zero-order valence-electron chi connectivity index (χ0n) is 10.3. The van der Waals surface area contributed by atoms with E-state index in [0.717, 1.165) is 12.0 Å². The van der Waals surface area contributed by atoms with Gasteiger partial charge in [0.25, 0.3) is 0 Å². The smallest absolute Gasteiger partial charge is 0.0595 e. The number of halogens is 2. The summed E-state index contributed by atoms with van der Waals surface area (Å²) in [5.74, 6) is 1.15. The first-order chi connectivity index (χ1) is 7.93. The van der Waals surface area contributed by atoms with Crippen molar-refractivity contribution in [2.45, 2.75) is 38.6 Å². The van der Waals surface area contributed by atoms with Crippen LogP contribution in [0.3, 0.4) is 0 Å². The SMILES string of the molecule is CC1CCC(C)C(N)(c2ccc(Cl)c(Cl)c2)C1. The largest absolute Gasteiger partial charge is 0.321 e. The first kappa shape index (κ1) is 13.2. The minimum atomic E-state index is -0.258. The lowest BCUT2D eigenvalue weighted by Crippen LogP contribution is -2.47. The summed E-state index contributed by atoms with van der Waals surface area (Å²) >= 11 is 12.0. The molecule has 17 heavy (non-hydrogen) atoms. The van der Waals surface area contributed by atoms with Crippen molar-refractivity contribution >= 4 is 23.2 Å². The molecule has 3 atom stereocenters. The van der Waals surface area contributed by atoms with Crippen LogP contribution in [0.25, 0.3) is 0 Å². The van der Waals surface area contributed by atoms with E-state index < -0.39 is 0 Å². The van der Waals surface area contributed by atoms with Crippen molar-refractivity contribution in [2.24, 2.45) is 17.6 Å². The summed E-state index contributed by atoms with van der Waals surface area (Å²) in [6, 6.07) is 5.79. The summed E-state index contributed by atoms with van der Waals surface area (Å²) in [6.07, 6.45) is 3.46. The molecule has 0 spiro atoms. The van der Waals surface area contributed by atoms with Crippen molar-refractivity contribution < 1.29 is 0 Å². The molecule has 0 radical (unpaired) electrons. The molecule has 1 aliphatic rings. The van der Waals surface area contributed by atoms with E-state index in [1.165, 1.54) is 12.8 Å². The molecule has 1 aromatic carbocycles. The quantitative estimate of drug-likeness (QED) is 0.794. The number of nitrogens with two attached hydrogens (primary N) is 1. The highest BCUT2D eigenvalue weighted by molar-refractivity contribution is 6.42. The molecule has 0 heterocycles. The predicted molar refractivity (Wildman–Crippen MR) is 74.5 cm³/mol. The standard InChI is InChI=1S/C14H19Cl2N/c1-9-3-4-10(2)14(17,8-9)11-5-6-12(15)13(16)7-11/h5-7,9-10H,3-4,8,17H2,1-2H3. The van der Waals surface area contributed by atoms with Crippen molar-refractivity contribution in [2.75, 3.05) is 0 Å². The first-order valence-corrected chi connectivity index (χ1v) is 6.93. The van der Waals surface area contributed by atoms with Gasteiger partial charge < -0.3 is 5.73 Å². The molecule has 3 heteroatoms. The van der Waals surface area contributed by atoms with Gasteiger partial charge in [0.2, 0.25) is 0 Å². The zero-order valence-corrected chi connectivity index (χ0v) is 11.9. The second-order valence-corrected chi connectivity index (χ2v) is 6.27. The fourth-order valence-corrected chi connectivity index (χ4v) is 3.16. The molecule has 1 saturated carbocycles. The van der Waals surface area contributed by atoms with Gasteiger partial charge in [0.05, 0.1) is 10.0 Å².